The first-order chi connectivity index (χ1) is 10.5. The standard InChI is InChI=1S/C8H16N.C8H16O5/c1-3-6-9(2)7-4-5-8-9;1-11-4-5-13-7-6-12-3-2-8(9)10/h3H,1,4-8H2,2H3;2-7H2,1H3,(H,9,10)/q+1;/p-1. The van der Waals surface area contributed by atoms with E-state index in [-0.39, 0.29) is 13.0 Å². The van der Waals surface area contributed by atoms with Gasteiger partial charge in [-0.3, -0.25) is 0 Å². The molecule has 1 aliphatic heterocycles. The molecule has 0 N–H and O–H groups in total. The lowest BCUT2D eigenvalue weighted by atomic mass is 10.4. The van der Waals surface area contributed by atoms with Crippen LogP contribution in [-0.4, -0.2) is 77.3 Å². The summed E-state index contributed by atoms with van der Waals surface area (Å²) in [5, 5.41) is 9.93. The Labute approximate surface area is 134 Å². The van der Waals surface area contributed by atoms with E-state index in [1.165, 1.54) is 30.4 Å². The number of rotatable bonds is 11. The molecular formula is C16H31NO5. The molecule has 6 heteroatoms. The minimum atomic E-state index is -1.10. The highest BCUT2D eigenvalue weighted by molar-refractivity contribution is 5.64. The number of methoxy groups -OCH3 is 1. The summed E-state index contributed by atoms with van der Waals surface area (Å²) >= 11 is 0. The van der Waals surface area contributed by atoms with Crippen LogP contribution in [-0.2, 0) is 19.0 Å². The fourth-order valence-electron chi connectivity index (χ4n) is 2.21. The summed E-state index contributed by atoms with van der Waals surface area (Å²) in [6, 6.07) is 0. The lowest BCUT2D eigenvalue weighted by Crippen LogP contribution is -2.40. The third kappa shape index (κ3) is 12.8. The number of hydrogen-bond donors (Lipinski definition) is 0. The van der Waals surface area contributed by atoms with Crippen LogP contribution in [0.1, 0.15) is 19.3 Å². The van der Waals surface area contributed by atoms with Crippen molar-refractivity contribution in [2.45, 2.75) is 19.3 Å². The van der Waals surface area contributed by atoms with Gasteiger partial charge in [0.2, 0.25) is 0 Å². The smallest absolute Gasteiger partial charge is 0.0969 e. The van der Waals surface area contributed by atoms with Crippen molar-refractivity contribution in [3.8, 4) is 0 Å². The summed E-state index contributed by atoms with van der Waals surface area (Å²) < 4.78 is 16.0. The van der Waals surface area contributed by atoms with E-state index in [0.717, 1.165) is 6.54 Å². The van der Waals surface area contributed by atoms with Crippen LogP contribution >= 0.6 is 0 Å². The maximum atomic E-state index is 9.93. The van der Waals surface area contributed by atoms with Crippen LogP contribution in [0.3, 0.4) is 0 Å². The molecule has 0 unspecified atom stereocenters. The molecule has 22 heavy (non-hydrogen) atoms. The topological polar surface area (TPSA) is 67.8 Å². The van der Waals surface area contributed by atoms with Gasteiger partial charge in [-0.2, -0.15) is 0 Å². The van der Waals surface area contributed by atoms with Gasteiger partial charge in [0.15, 0.2) is 0 Å². The zero-order valence-electron chi connectivity index (χ0n) is 14.1. The molecular weight excluding hydrogens is 286 g/mol. The minimum Gasteiger partial charge on any atom is -0.550 e. The summed E-state index contributed by atoms with van der Waals surface area (Å²) in [4.78, 5) is 9.93. The van der Waals surface area contributed by atoms with Crippen molar-refractivity contribution in [2.75, 3.05) is 66.8 Å². The second-order valence-electron chi connectivity index (χ2n) is 5.58. The van der Waals surface area contributed by atoms with Crippen LogP contribution in [0, 0.1) is 0 Å². The largest absolute Gasteiger partial charge is 0.550 e. The Morgan fingerprint density at radius 2 is 1.68 bits per heavy atom. The number of likely N-dealkylation sites (N-methyl/N-ethyl adjacent to an activating group) is 1. The molecule has 0 aromatic heterocycles. The Morgan fingerprint density at radius 3 is 2.18 bits per heavy atom. The lowest BCUT2D eigenvalue weighted by molar-refractivity contribution is -0.891. The Balaban J connectivity index is 0.000000425. The molecule has 0 aromatic carbocycles. The highest BCUT2D eigenvalue weighted by atomic mass is 16.5. The summed E-state index contributed by atoms with van der Waals surface area (Å²) in [5.74, 6) is -1.10. The van der Waals surface area contributed by atoms with E-state index in [1.54, 1.807) is 7.11 Å². The van der Waals surface area contributed by atoms with Crippen molar-refractivity contribution in [3.63, 3.8) is 0 Å². The van der Waals surface area contributed by atoms with Gasteiger partial charge in [0.25, 0.3) is 0 Å². The molecule has 0 spiro atoms. The van der Waals surface area contributed by atoms with Crippen LogP contribution in [0.25, 0.3) is 0 Å². The average molecular weight is 317 g/mol. The molecule has 0 radical (unpaired) electrons. The summed E-state index contributed by atoms with van der Waals surface area (Å²) in [5.41, 5.74) is 0. The van der Waals surface area contributed by atoms with Gasteiger partial charge in [-0.05, 0) is 6.08 Å². The van der Waals surface area contributed by atoms with Crippen molar-refractivity contribution in [1.29, 1.82) is 0 Å². The molecule has 1 heterocycles. The Hall–Kier alpha value is -0.950. The van der Waals surface area contributed by atoms with Gasteiger partial charge in [0.05, 0.1) is 59.7 Å². The highest BCUT2D eigenvalue weighted by Gasteiger charge is 2.24. The summed E-state index contributed by atoms with van der Waals surface area (Å²) in [6.07, 6.45) is 4.78. The van der Waals surface area contributed by atoms with Gasteiger partial charge in [0, 0.05) is 32.3 Å². The molecule has 1 aliphatic rings. The molecule has 1 rings (SSSR count). The minimum absolute atomic E-state index is 0.0714. The van der Waals surface area contributed by atoms with Crippen molar-refractivity contribution in [3.05, 3.63) is 12.7 Å². The highest BCUT2D eigenvalue weighted by Crippen LogP contribution is 2.15. The fourth-order valence-corrected chi connectivity index (χ4v) is 2.21. The number of carbonyl (C=O) groups is 1. The van der Waals surface area contributed by atoms with Gasteiger partial charge in [0.1, 0.15) is 0 Å². The summed E-state index contributed by atoms with van der Waals surface area (Å²) in [6.45, 7) is 9.73. The zero-order valence-corrected chi connectivity index (χ0v) is 14.1. The number of quaternary nitrogens is 1. The molecule has 0 bridgehead atoms. The van der Waals surface area contributed by atoms with E-state index < -0.39 is 5.97 Å². The Kier molecular flexibility index (Phi) is 13.1. The summed E-state index contributed by atoms with van der Waals surface area (Å²) in [7, 11) is 3.91. The predicted molar refractivity (Wildman–Crippen MR) is 83.4 cm³/mol. The number of aliphatic carboxylic acids is 1. The van der Waals surface area contributed by atoms with Gasteiger partial charge >= 0.3 is 0 Å². The maximum Gasteiger partial charge on any atom is 0.0969 e. The molecule has 0 aliphatic carbocycles. The number of hydrogen-bond acceptors (Lipinski definition) is 5. The van der Waals surface area contributed by atoms with Crippen molar-refractivity contribution >= 4 is 5.97 Å². The molecule has 130 valence electrons. The fraction of sp³-hybridized carbons (Fsp3) is 0.812. The first-order valence-corrected chi connectivity index (χ1v) is 7.83. The first-order valence-electron chi connectivity index (χ1n) is 7.83. The van der Waals surface area contributed by atoms with E-state index in [2.05, 4.69) is 13.6 Å². The van der Waals surface area contributed by atoms with Crippen LogP contribution in [0.2, 0.25) is 0 Å². The van der Waals surface area contributed by atoms with Gasteiger partial charge in [-0.25, -0.2) is 0 Å². The van der Waals surface area contributed by atoms with Crippen molar-refractivity contribution in [2.24, 2.45) is 0 Å². The Bertz CT molecular complexity index is 290. The predicted octanol–water partition coefficient (Wildman–Crippen LogP) is 0.219. The van der Waals surface area contributed by atoms with E-state index in [1.807, 2.05) is 6.08 Å². The van der Waals surface area contributed by atoms with Gasteiger partial charge in [-0.15, -0.1) is 0 Å². The van der Waals surface area contributed by atoms with Gasteiger partial charge < -0.3 is 28.6 Å². The maximum absolute atomic E-state index is 9.93. The molecule has 0 amide bonds. The Morgan fingerprint density at radius 1 is 1.14 bits per heavy atom. The van der Waals surface area contributed by atoms with Crippen LogP contribution < -0.4 is 5.11 Å². The number of nitrogens with zero attached hydrogens (tertiary/aromatic N) is 1. The first kappa shape index (κ1) is 21.0. The van der Waals surface area contributed by atoms with E-state index in [4.69, 9.17) is 14.2 Å². The second-order valence-corrected chi connectivity index (χ2v) is 5.58. The second kappa shape index (κ2) is 13.7. The molecule has 1 saturated heterocycles. The average Bonchev–Trinajstić information content (AvgIpc) is 2.89. The molecule has 0 saturated carbocycles. The number of ether oxygens (including phenoxy) is 3. The van der Waals surface area contributed by atoms with Crippen LogP contribution in [0.5, 0.6) is 0 Å². The van der Waals surface area contributed by atoms with Crippen LogP contribution in [0.15, 0.2) is 12.7 Å². The van der Waals surface area contributed by atoms with Crippen molar-refractivity contribution in [1.82, 2.24) is 0 Å². The molecule has 6 nitrogen and oxygen atoms in total. The zero-order chi connectivity index (χ0) is 16.7. The van der Waals surface area contributed by atoms with E-state index in [0.29, 0.717) is 26.4 Å². The monoisotopic (exact) mass is 317 g/mol. The lowest BCUT2D eigenvalue weighted by Gasteiger charge is -2.27. The quantitative estimate of drug-likeness (QED) is 0.310. The molecule has 0 aromatic rings. The number of carboxylic acids is 1. The normalized spacial score (nSPS) is 15.9. The SMILES string of the molecule is C=CC[N+]1(C)CCCC1.COCCOCCOCCC(=O)[O-]. The number of carboxylic acid groups (broad SMARTS) is 1. The van der Waals surface area contributed by atoms with E-state index >= 15 is 0 Å². The van der Waals surface area contributed by atoms with E-state index in [9.17, 15) is 9.90 Å². The number of likely N-dealkylation sites (tertiary alicyclic amines) is 1. The molecule has 0 atom stereocenters. The third-order valence-electron chi connectivity index (χ3n) is 3.47. The third-order valence-corrected chi connectivity index (χ3v) is 3.47. The van der Waals surface area contributed by atoms with Gasteiger partial charge in [-0.1, -0.05) is 6.58 Å². The van der Waals surface area contributed by atoms with Crippen molar-refractivity contribution < 1.29 is 28.6 Å². The number of carbonyl (C=O) groups excluding carboxylic acids is 1. The molecule has 1 fully saturated rings. The van der Waals surface area contributed by atoms with Crippen LogP contribution in [0.4, 0.5) is 0 Å².